The van der Waals surface area contributed by atoms with Gasteiger partial charge in [0.2, 0.25) is 0 Å². The summed E-state index contributed by atoms with van der Waals surface area (Å²) in [4.78, 5) is 0. The van der Waals surface area contributed by atoms with E-state index in [4.69, 9.17) is 0 Å². The average molecular weight is 141 g/mol. The molecule has 0 radical (unpaired) electrons. The molecule has 1 N–H and O–H groups in total. The van der Waals surface area contributed by atoms with Crippen LogP contribution in [-0.2, 0) is 0 Å². The van der Waals surface area contributed by atoms with E-state index in [1.165, 1.54) is 5.57 Å². The van der Waals surface area contributed by atoms with Crippen LogP contribution in [0.2, 0.25) is 0 Å². The Kier molecular flexibility index (Phi) is 3.66. The predicted octanol–water partition coefficient (Wildman–Crippen LogP) is 2.20. The van der Waals surface area contributed by atoms with Gasteiger partial charge in [0.05, 0.1) is 0 Å². The van der Waals surface area contributed by atoms with E-state index in [0.717, 1.165) is 6.54 Å². The molecule has 0 amide bonds. The van der Waals surface area contributed by atoms with E-state index < -0.39 is 0 Å². The second-order valence-corrected chi connectivity index (χ2v) is 3.89. The molecule has 0 aromatic carbocycles. The Labute approximate surface area is 64.5 Å². The van der Waals surface area contributed by atoms with Crippen molar-refractivity contribution in [3.63, 3.8) is 0 Å². The first kappa shape index (κ1) is 9.70. The zero-order chi connectivity index (χ0) is 8.20. The van der Waals surface area contributed by atoms with E-state index >= 15 is 0 Å². The van der Waals surface area contributed by atoms with Crippen molar-refractivity contribution in [2.45, 2.75) is 27.7 Å². The molecule has 0 saturated carbocycles. The Hall–Kier alpha value is -0.300. The fraction of sp³-hybridized carbons (Fsp3) is 0.778. The fourth-order valence-corrected chi connectivity index (χ4v) is 1.07. The van der Waals surface area contributed by atoms with Gasteiger partial charge in [0.15, 0.2) is 0 Å². The lowest BCUT2D eigenvalue weighted by Gasteiger charge is -2.13. The summed E-state index contributed by atoms with van der Waals surface area (Å²) in [6, 6.07) is 0. The van der Waals surface area contributed by atoms with Crippen LogP contribution in [0.5, 0.6) is 0 Å². The smallest absolute Gasteiger partial charge is 0.0159 e. The second-order valence-electron chi connectivity index (χ2n) is 3.89. The van der Waals surface area contributed by atoms with Crippen molar-refractivity contribution >= 4 is 0 Å². The Bertz CT molecular complexity index is 117. The maximum Gasteiger partial charge on any atom is 0.0159 e. The van der Waals surface area contributed by atoms with Crippen LogP contribution in [-0.4, -0.2) is 13.6 Å². The Balaban J connectivity index is 3.90. The van der Waals surface area contributed by atoms with Gasteiger partial charge in [-0.1, -0.05) is 32.4 Å². The van der Waals surface area contributed by atoms with E-state index in [0.29, 0.717) is 5.41 Å². The highest BCUT2D eigenvalue weighted by molar-refractivity contribution is 5.05. The van der Waals surface area contributed by atoms with Crippen molar-refractivity contribution in [3.8, 4) is 0 Å². The summed E-state index contributed by atoms with van der Waals surface area (Å²) in [5, 5.41) is 3.12. The number of allylic oxidation sites excluding steroid dienone is 1. The first-order valence-corrected chi connectivity index (χ1v) is 3.78. The quantitative estimate of drug-likeness (QED) is 0.581. The predicted molar refractivity (Wildman–Crippen MR) is 47.1 cm³/mol. The van der Waals surface area contributed by atoms with Gasteiger partial charge in [0.25, 0.3) is 0 Å². The molecule has 0 saturated heterocycles. The molecule has 0 bridgehead atoms. The second kappa shape index (κ2) is 3.77. The molecule has 60 valence electrons. The van der Waals surface area contributed by atoms with Crippen molar-refractivity contribution in [2.24, 2.45) is 5.41 Å². The van der Waals surface area contributed by atoms with Crippen LogP contribution < -0.4 is 5.32 Å². The van der Waals surface area contributed by atoms with Gasteiger partial charge in [0, 0.05) is 6.54 Å². The molecular formula is C9H19N. The van der Waals surface area contributed by atoms with Gasteiger partial charge in [-0.05, 0) is 19.4 Å². The third kappa shape index (κ3) is 5.83. The van der Waals surface area contributed by atoms with Gasteiger partial charge in [-0.2, -0.15) is 0 Å². The molecule has 0 unspecified atom stereocenters. The van der Waals surface area contributed by atoms with Crippen LogP contribution in [0.1, 0.15) is 27.7 Å². The summed E-state index contributed by atoms with van der Waals surface area (Å²) in [6.07, 6.45) is 2.30. The lowest BCUT2D eigenvalue weighted by molar-refractivity contribution is 0.537. The summed E-state index contributed by atoms with van der Waals surface area (Å²) in [5.41, 5.74) is 1.73. The first-order valence-electron chi connectivity index (χ1n) is 3.78. The zero-order valence-corrected chi connectivity index (χ0v) is 7.78. The number of hydrogen-bond acceptors (Lipinski definition) is 1. The standard InChI is InChI=1S/C9H19N/c1-8(7-10-5)6-9(2,3)4/h6,10H,7H2,1-5H3. The molecule has 0 atom stereocenters. The normalized spacial score (nSPS) is 13.9. The highest BCUT2D eigenvalue weighted by Gasteiger charge is 2.04. The van der Waals surface area contributed by atoms with Crippen LogP contribution in [0.25, 0.3) is 0 Å². The molecule has 0 heterocycles. The van der Waals surface area contributed by atoms with Gasteiger partial charge in [-0.15, -0.1) is 0 Å². The van der Waals surface area contributed by atoms with Crippen LogP contribution >= 0.6 is 0 Å². The summed E-state index contributed by atoms with van der Waals surface area (Å²) in [5.74, 6) is 0. The van der Waals surface area contributed by atoms with Crippen LogP contribution in [0.3, 0.4) is 0 Å². The van der Waals surface area contributed by atoms with Gasteiger partial charge >= 0.3 is 0 Å². The van der Waals surface area contributed by atoms with Crippen molar-refractivity contribution in [1.29, 1.82) is 0 Å². The molecule has 0 aliphatic rings. The molecule has 0 rings (SSSR count). The highest BCUT2D eigenvalue weighted by Crippen LogP contribution is 2.16. The maximum atomic E-state index is 3.12. The van der Waals surface area contributed by atoms with E-state index in [9.17, 15) is 0 Å². The van der Waals surface area contributed by atoms with E-state index in [1.54, 1.807) is 0 Å². The number of rotatable bonds is 2. The van der Waals surface area contributed by atoms with Crippen molar-refractivity contribution < 1.29 is 0 Å². The lowest BCUT2D eigenvalue weighted by Crippen LogP contribution is -2.11. The van der Waals surface area contributed by atoms with E-state index in [-0.39, 0.29) is 0 Å². The van der Waals surface area contributed by atoms with Gasteiger partial charge in [0.1, 0.15) is 0 Å². The van der Waals surface area contributed by atoms with E-state index in [2.05, 4.69) is 39.1 Å². The minimum atomic E-state index is 0.320. The van der Waals surface area contributed by atoms with Crippen LogP contribution in [0.15, 0.2) is 11.6 Å². The van der Waals surface area contributed by atoms with Crippen molar-refractivity contribution in [2.75, 3.05) is 13.6 Å². The fourth-order valence-electron chi connectivity index (χ4n) is 1.07. The molecular weight excluding hydrogens is 122 g/mol. The third-order valence-electron chi connectivity index (χ3n) is 1.14. The van der Waals surface area contributed by atoms with Gasteiger partial charge < -0.3 is 5.32 Å². The molecule has 0 aromatic heterocycles. The SMILES string of the molecule is CNCC(C)=CC(C)(C)C. The summed E-state index contributed by atoms with van der Waals surface area (Å²) < 4.78 is 0. The molecule has 1 nitrogen and oxygen atoms in total. The molecule has 0 aliphatic carbocycles. The third-order valence-corrected chi connectivity index (χ3v) is 1.14. The Morgan fingerprint density at radius 2 is 1.90 bits per heavy atom. The van der Waals surface area contributed by atoms with Crippen molar-refractivity contribution in [1.82, 2.24) is 5.32 Å². The minimum absolute atomic E-state index is 0.320. The lowest BCUT2D eigenvalue weighted by atomic mass is 9.94. The highest BCUT2D eigenvalue weighted by atomic mass is 14.8. The molecule has 0 fully saturated rings. The Morgan fingerprint density at radius 3 is 2.20 bits per heavy atom. The van der Waals surface area contributed by atoms with Crippen molar-refractivity contribution in [3.05, 3.63) is 11.6 Å². The van der Waals surface area contributed by atoms with E-state index in [1.807, 2.05) is 7.05 Å². The molecule has 0 aromatic rings. The maximum absolute atomic E-state index is 3.12. The number of nitrogens with one attached hydrogen (secondary N) is 1. The van der Waals surface area contributed by atoms with Crippen LogP contribution in [0, 0.1) is 5.41 Å². The van der Waals surface area contributed by atoms with Crippen LogP contribution in [0.4, 0.5) is 0 Å². The average Bonchev–Trinajstić information content (AvgIpc) is 1.59. The molecule has 0 aliphatic heterocycles. The minimum Gasteiger partial charge on any atom is -0.316 e. The monoisotopic (exact) mass is 141 g/mol. The molecule has 10 heavy (non-hydrogen) atoms. The topological polar surface area (TPSA) is 12.0 Å². The molecule has 0 spiro atoms. The van der Waals surface area contributed by atoms with Gasteiger partial charge in [-0.25, -0.2) is 0 Å². The number of likely N-dealkylation sites (N-methyl/N-ethyl adjacent to an activating group) is 1. The Morgan fingerprint density at radius 1 is 1.40 bits per heavy atom. The summed E-state index contributed by atoms with van der Waals surface area (Å²) in [6.45, 7) is 9.80. The summed E-state index contributed by atoms with van der Waals surface area (Å²) >= 11 is 0. The van der Waals surface area contributed by atoms with Gasteiger partial charge in [-0.3, -0.25) is 0 Å². The summed E-state index contributed by atoms with van der Waals surface area (Å²) in [7, 11) is 1.97. The first-order chi connectivity index (χ1) is 4.45. The number of hydrogen-bond donors (Lipinski definition) is 1. The zero-order valence-electron chi connectivity index (χ0n) is 7.78. The molecule has 1 heteroatoms. The largest absolute Gasteiger partial charge is 0.316 e.